The molecule has 2 aromatic carbocycles. The average Bonchev–Trinajstić information content (AvgIpc) is 3.07. The zero-order valence-corrected chi connectivity index (χ0v) is 18.1. The third-order valence-corrected chi connectivity index (χ3v) is 5.34. The highest BCUT2D eigenvalue weighted by atomic mass is 32.2. The van der Waals surface area contributed by atoms with Gasteiger partial charge in [0.1, 0.15) is 11.6 Å². The zero-order chi connectivity index (χ0) is 22.5. The van der Waals surface area contributed by atoms with Gasteiger partial charge in [0.25, 0.3) is 11.3 Å². The summed E-state index contributed by atoms with van der Waals surface area (Å²) in [6.07, 6.45) is 1.86. The number of nitrogens with zero attached hydrogens (tertiary/aromatic N) is 2. The van der Waals surface area contributed by atoms with Crippen molar-refractivity contribution in [3.05, 3.63) is 71.1 Å². The molecule has 9 heteroatoms. The van der Waals surface area contributed by atoms with Crippen molar-refractivity contribution in [2.75, 3.05) is 4.72 Å². The van der Waals surface area contributed by atoms with Crippen molar-refractivity contribution in [2.24, 2.45) is 0 Å². The number of anilines is 1. The Balaban J connectivity index is 2.00. The number of carboxylic acids is 1. The molecule has 0 spiro atoms. The zero-order valence-electron chi connectivity index (χ0n) is 17.3. The molecule has 1 unspecified atom stereocenters. The summed E-state index contributed by atoms with van der Waals surface area (Å²) >= 11 is -2.26. The number of carboxylic acid groups (broad SMARTS) is 1. The smallest absolute Gasteiger partial charge is 0.354 e. The Morgan fingerprint density at radius 2 is 1.97 bits per heavy atom. The minimum atomic E-state index is -2.26. The van der Waals surface area contributed by atoms with Crippen LogP contribution >= 0.6 is 0 Å². The Hall–Kier alpha value is -3.04. The van der Waals surface area contributed by atoms with Crippen LogP contribution in [0.2, 0.25) is 0 Å². The van der Waals surface area contributed by atoms with Gasteiger partial charge >= 0.3 is 5.97 Å². The first-order valence-corrected chi connectivity index (χ1v) is 11.0. The van der Waals surface area contributed by atoms with Crippen molar-refractivity contribution in [1.82, 2.24) is 9.55 Å². The standard InChI is InChI=1S/C22H24FN3O4S/c1-3-7-20-24-18(4-2)21(22(27)28)26(20)13-15-11-10-14(12-17(15)23)16-8-5-6-9-19(16)25-31(29)30/h5-6,8-12,25H,3-4,7,13H2,1-2H3,(H,27,28)(H,29,30). The fourth-order valence-corrected chi connectivity index (χ4v) is 3.92. The number of aryl methyl sites for hydroxylation is 2. The van der Waals surface area contributed by atoms with Crippen LogP contribution in [-0.4, -0.2) is 29.4 Å². The molecule has 0 fully saturated rings. The summed E-state index contributed by atoms with van der Waals surface area (Å²) in [7, 11) is 0. The number of hydrogen-bond acceptors (Lipinski definition) is 3. The maximum absolute atomic E-state index is 15.0. The Morgan fingerprint density at radius 1 is 1.23 bits per heavy atom. The number of rotatable bonds is 9. The number of aromatic nitrogens is 2. The quantitative estimate of drug-likeness (QED) is 0.421. The van der Waals surface area contributed by atoms with Gasteiger partial charge in [0.15, 0.2) is 5.69 Å². The fourth-order valence-electron chi connectivity index (χ4n) is 3.56. The molecule has 164 valence electrons. The molecule has 1 aromatic heterocycles. The highest BCUT2D eigenvalue weighted by Gasteiger charge is 2.22. The number of hydrogen-bond donors (Lipinski definition) is 3. The van der Waals surface area contributed by atoms with Crippen molar-refractivity contribution in [3.63, 3.8) is 0 Å². The highest BCUT2D eigenvalue weighted by molar-refractivity contribution is 7.80. The first-order chi connectivity index (χ1) is 14.8. The lowest BCUT2D eigenvalue weighted by Crippen LogP contribution is -2.14. The topological polar surface area (TPSA) is 104 Å². The lowest BCUT2D eigenvalue weighted by molar-refractivity contribution is 0.0684. The number of nitrogens with one attached hydrogen (secondary N) is 1. The molecule has 1 heterocycles. The van der Waals surface area contributed by atoms with Gasteiger partial charge in [0, 0.05) is 17.5 Å². The molecule has 3 aromatic rings. The van der Waals surface area contributed by atoms with E-state index in [-0.39, 0.29) is 12.2 Å². The van der Waals surface area contributed by atoms with E-state index in [1.54, 1.807) is 41.0 Å². The van der Waals surface area contributed by atoms with Gasteiger partial charge in [-0.3, -0.25) is 9.27 Å². The van der Waals surface area contributed by atoms with Crippen LogP contribution in [-0.2, 0) is 30.7 Å². The summed E-state index contributed by atoms with van der Waals surface area (Å²) in [5.74, 6) is -0.955. The Labute approximate surface area is 182 Å². The molecule has 3 rings (SSSR count). The largest absolute Gasteiger partial charge is 0.477 e. The molecule has 31 heavy (non-hydrogen) atoms. The summed E-state index contributed by atoms with van der Waals surface area (Å²) in [5.41, 5.74) is 2.42. The van der Waals surface area contributed by atoms with E-state index in [1.807, 2.05) is 13.8 Å². The highest BCUT2D eigenvalue weighted by Crippen LogP contribution is 2.30. The molecule has 0 amide bonds. The van der Waals surface area contributed by atoms with E-state index < -0.39 is 23.1 Å². The molecule has 1 atom stereocenters. The van der Waals surface area contributed by atoms with Crippen LogP contribution in [0.1, 0.15) is 47.8 Å². The van der Waals surface area contributed by atoms with Gasteiger partial charge in [-0.05, 0) is 30.5 Å². The second kappa shape index (κ2) is 9.84. The first kappa shape index (κ1) is 22.6. The Kier molecular flexibility index (Phi) is 7.19. The second-order valence-electron chi connectivity index (χ2n) is 7.02. The predicted octanol–water partition coefficient (Wildman–Crippen LogP) is 4.50. The Morgan fingerprint density at radius 3 is 2.58 bits per heavy atom. The molecular weight excluding hydrogens is 421 g/mol. The summed E-state index contributed by atoms with van der Waals surface area (Å²) < 4.78 is 39.3. The van der Waals surface area contributed by atoms with Crippen LogP contribution < -0.4 is 4.72 Å². The van der Waals surface area contributed by atoms with Crippen molar-refractivity contribution in [2.45, 2.75) is 39.7 Å². The molecule has 7 nitrogen and oxygen atoms in total. The molecule has 0 radical (unpaired) electrons. The van der Waals surface area contributed by atoms with Crippen LogP contribution in [0.15, 0.2) is 42.5 Å². The average molecular weight is 446 g/mol. The maximum atomic E-state index is 15.0. The number of carbonyl (C=O) groups is 1. The normalized spacial score (nSPS) is 12.0. The molecule has 0 aliphatic rings. The summed E-state index contributed by atoms with van der Waals surface area (Å²) in [5, 5.41) is 9.69. The number of imidazole rings is 1. The van der Waals surface area contributed by atoms with E-state index in [9.17, 15) is 14.1 Å². The van der Waals surface area contributed by atoms with Gasteiger partial charge in [0.05, 0.1) is 17.9 Å². The lowest BCUT2D eigenvalue weighted by atomic mass is 10.0. The van der Waals surface area contributed by atoms with E-state index in [4.69, 9.17) is 4.55 Å². The van der Waals surface area contributed by atoms with Crippen molar-refractivity contribution < 1.29 is 23.1 Å². The van der Waals surface area contributed by atoms with Crippen LogP contribution in [0.4, 0.5) is 10.1 Å². The first-order valence-electron chi connectivity index (χ1n) is 9.92. The van der Waals surface area contributed by atoms with Crippen LogP contribution in [0.5, 0.6) is 0 Å². The number of aromatic carboxylic acids is 1. The molecule has 3 N–H and O–H groups in total. The minimum Gasteiger partial charge on any atom is -0.477 e. The molecule has 0 saturated heterocycles. The summed E-state index contributed by atoms with van der Waals surface area (Å²) in [6.45, 7) is 3.87. The van der Waals surface area contributed by atoms with E-state index in [0.29, 0.717) is 46.7 Å². The van der Waals surface area contributed by atoms with E-state index >= 15 is 4.39 Å². The second-order valence-corrected chi connectivity index (χ2v) is 7.72. The van der Waals surface area contributed by atoms with Gasteiger partial charge in [-0.15, -0.1) is 0 Å². The number of benzene rings is 2. The van der Waals surface area contributed by atoms with Crippen molar-refractivity contribution >= 4 is 22.9 Å². The lowest BCUT2D eigenvalue weighted by Gasteiger charge is -2.13. The molecular formula is C22H24FN3O4S. The van der Waals surface area contributed by atoms with Gasteiger partial charge in [-0.2, -0.15) is 0 Å². The molecule has 0 aliphatic carbocycles. The summed E-state index contributed by atoms with van der Waals surface area (Å²) in [6, 6.07) is 11.4. The fraction of sp³-hybridized carbons (Fsp3) is 0.273. The molecule has 0 bridgehead atoms. The van der Waals surface area contributed by atoms with Gasteiger partial charge in [-0.25, -0.2) is 18.4 Å². The van der Waals surface area contributed by atoms with Gasteiger partial charge in [0.2, 0.25) is 0 Å². The molecule has 0 aliphatic heterocycles. The minimum absolute atomic E-state index is 0.0522. The van der Waals surface area contributed by atoms with Gasteiger partial charge in [-0.1, -0.05) is 44.2 Å². The van der Waals surface area contributed by atoms with Crippen molar-refractivity contribution in [3.8, 4) is 11.1 Å². The van der Waals surface area contributed by atoms with Crippen LogP contribution in [0, 0.1) is 5.82 Å². The van der Waals surface area contributed by atoms with E-state index in [2.05, 4.69) is 9.71 Å². The number of halogens is 1. The van der Waals surface area contributed by atoms with Crippen LogP contribution in [0.3, 0.4) is 0 Å². The third kappa shape index (κ3) is 5.00. The third-order valence-electron chi connectivity index (χ3n) is 4.95. The summed E-state index contributed by atoms with van der Waals surface area (Å²) in [4.78, 5) is 16.3. The van der Waals surface area contributed by atoms with E-state index in [1.165, 1.54) is 6.07 Å². The maximum Gasteiger partial charge on any atom is 0.354 e. The Bertz CT molecular complexity index is 1130. The molecule has 0 saturated carbocycles. The predicted molar refractivity (Wildman–Crippen MR) is 118 cm³/mol. The SMILES string of the molecule is CCCc1nc(CC)c(C(=O)O)n1Cc1ccc(-c2ccccc2NS(=O)O)cc1F. The number of para-hydroxylation sites is 1. The monoisotopic (exact) mass is 445 g/mol. The van der Waals surface area contributed by atoms with E-state index in [0.717, 1.165) is 6.42 Å². The van der Waals surface area contributed by atoms with Crippen LogP contribution in [0.25, 0.3) is 11.1 Å². The van der Waals surface area contributed by atoms with Crippen molar-refractivity contribution in [1.29, 1.82) is 0 Å². The van der Waals surface area contributed by atoms with Gasteiger partial charge < -0.3 is 9.67 Å².